The van der Waals surface area contributed by atoms with Crippen molar-refractivity contribution in [2.75, 3.05) is 6.54 Å². The predicted molar refractivity (Wildman–Crippen MR) is 81.2 cm³/mol. The molecular weight excluding hydrogens is 248 g/mol. The maximum Gasteiger partial charge on any atom is 0.0745 e. The Labute approximate surface area is 120 Å². The molecule has 106 valence electrons. The van der Waals surface area contributed by atoms with Gasteiger partial charge in [-0.15, -0.1) is 0 Å². The van der Waals surface area contributed by atoms with Gasteiger partial charge in [-0.25, -0.2) is 0 Å². The highest BCUT2D eigenvalue weighted by atomic mass is 16.4. The summed E-state index contributed by atoms with van der Waals surface area (Å²) >= 11 is 0. The second-order valence-electron chi connectivity index (χ2n) is 5.68. The smallest absolute Gasteiger partial charge is 0.0745 e. The zero-order valence-electron chi connectivity index (χ0n) is 11.8. The Hall–Kier alpha value is -1.61. The largest absolute Gasteiger partial charge is 0.411 e. The van der Waals surface area contributed by atoms with Gasteiger partial charge in [-0.3, -0.25) is 4.90 Å². The highest BCUT2D eigenvalue weighted by Gasteiger charge is 2.27. The average Bonchev–Trinajstić information content (AvgIpc) is 2.47. The van der Waals surface area contributed by atoms with Crippen molar-refractivity contribution in [1.82, 2.24) is 4.90 Å². The third-order valence-electron chi connectivity index (χ3n) is 4.45. The van der Waals surface area contributed by atoms with Crippen LogP contribution in [-0.2, 0) is 13.0 Å². The molecule has 0 aromatic heterocycles. The minimum absolute atomic E-state index is 0.290. The van der Waals surface area contributed by atoms with Gasteiger partial charge in [0.1, 0.15) is 0 Å². The van der Waals surface area contributed by atoms with Crippen molar-refractivity contribution in [3.63, 3.8) is 0 Å². The molecule has 20 heavy (non-hydrogen) atoms. The second-order valence-corrected chi connectivity index (χ2v) is 5.68. The molecule has 0 saturated carbocycles. The zero-order chi connectivity index (χ0) is 13.8. The normalized spacial score (nSPS) is 26.0. The Kier molecular flexibility index (Phi) is 4.16. The monoisotopic (exact) mass is 270 g/mol. The van der Waals surface area contributed by atoms with E-state index in [1.54, 1.807) is 0 Å². The maximum atomic E-state index is 9.34. The molecule has 1 aromatic rings. The van der Waals surface area contributed by atoms with E-state index in [1.807, 2.05) is 0 Å². The van der Waals surface area contributed by atoms with Gasteiger partial charge >= 0.3 is 0 Å². The molecule has 3 rings (SSSR count). The summed E-state index contributed by atoms with van der Waals surface area (Å²) in [6.45, 7) is 2.04. The molecule has 0 spiro atoms. The highest BCUT2D eigenvalue weighted by Crippen LogP contribution is 2.24. The number of hydrogen-bond acceptors (Lipinski definition) is 3. The number of hydrogen-bond donors (Lipinski definition) is 1. The maximum absolute atomic E-state index is 9.34. The van der Waals surface area contributed by atoms with Gasteiger partial charge in [-0.2, -0.15) is 0 Å². The van der Waals surface area contributed by atoms with Crippen LogP contribution in [0, 0.1) is 0 Å². The summed E-state index contributed by atoms with van der Waals surface area (Å²) in [6.07, 6.45) is 9.54. The SMILES string of the molecule is O/N=C1/CCC=CCC[C@H]1N1CCc2ccccc2C1. The van der Waals surface area contributed by atoms with Crippen molar-refractivity contribution >= 4 is 5.71 Å². The van der Waals surface area contributed by atoms with E-state index in [1.165, 1.54) is 11.1 Å². The average molecular weight is 270 g/mol. The van der Waals surface area contributed by atoms with Crippen molar-refractivity contribution in [3.8, 4) is 0 Å². The summed E-state index contributed by atoms with van der Waals surface area (Å²) in [4.78, 5) is 2.48. The first-order valence-electron chi connectivity index (χ1n) is 7.55. The summed E-state index contributed by atoms with van der Waals surface area (Å²) in [6, 6.07) is 8.98. The van der Waals surface area contributed by atoms with Gasteiger partial charge in [-0.1, -0.05) is 41.6 Å². The Morgan fingerprint density at radius 2 is 1.85 bits per heavy atom. The molecule has 1 aliphatic heterocycles. The van der Waals surface area contributed by atoms with Crippen LogP contribution in [0.2, 0.25) is 0 Å². The molecule has 1 atom stereocenters. The molecule has 1 aromatic carbocycles. The zero-order valence-corrected chi connectivity index (χ0v) is 11.8. The van der Waals surface area contributed by atoms with E-state index in [4.69, 9.17) is 0 Å². The number of fused-ring (bicyclic) bond motifs is 1. The first-order chi connectivity index (χ1) is 9.88. The van der Waals surface area contributed by atoms with Gasteiger partial charge in [0.25, 0.3) is 0 Å². The van der Waals surface area contributed by atoms with Crippen LogP contribution in [0.1, 0.15) is 36.8 Å². The van der Waals surface area contributed by atoms with E-state index in [-0.39, 0.29) is 0 Å². The lowest BCUT2D eigenvalue weighted by molar-refractivity contribution is 0.206. The lowest BCUT2D eigenvalue weighted by atomic mass is 9.93. The second kappa shape index (κ2) is 6.23. The quantitative estimate of drug-likeness (QED) is 0.482. The van der Waals surface area contributed by atoms with E-state index in [2.05, 4.69) is 46.5 Å². The van der Waals surface area contributed by atoms with Crippen LogP contribution in [0.3, 0.4) is 0 Å². The molecule has 3 nitrogen and oxygen atoms in total. The number of nitrogens with zero attached hydrogens (tertiary/aromatic N) is 2. The number of benzene rings is 1. The fourth-order valence-corrected chi connectivity index (χ4v) is 3.35. The molecule has 1 aliphatic carbocycles. The standard InChI is InChI=1S/C17H22N2O/c20-18-16-9-3-1-2-4-10-17(16)19-12-11-14-7-5-6-8-15(14)13-19/h1-2,5-8,17,20H,3-4,9-13H2/b2-1?,18-16-/t17-/m1/s1. The topological polar surface area (TPSA) is 35.8 Å². The van der Waals surface area contributed by atoms with Gasteiger partial charge in [0.05, 0.1) is 11.8 Å². The minimum Gasteiger partial charge on any atom is -0.411 e. The van der Waals surface area contributed by atoms with E-state index in [9.17, 15) is 5.21 Å². The van der Waals surface area contributed by atoms with Crippen molar-refractivity contribution in [2.24, 2.45) is 5.16 Å². The van der Waals surface area contributed by atoms with E-state index in [0.717, 1.165) is 50.9 Å². The number of rotatable bonds is 1. The van der Waals surface area contributed by atoms with Crippen LogP contribution >= 0.6 is 0 Å². The van der Waals surface area contributed by atoms with Gasteiger partial charge in [-0.05, 0) is 43.2 Å². The fourth-order valence-electron chi connectivity index (χ4n) is 3.35. The molecule has 1 heterocycles. The molecule has 0 saturated heterocycles. The number of allylic oxidation sites excluding steroid dienone is 2. The first-order valence-corrected chi connectivity index (χ1v) is 7.55. The predicted octanol–water partition coefficient (Wildman–Crippen LogP) is 3.37. The Morgan fingerprint density at radius 3 is 2.70 bits per heavy atom. The first kappa shape index (κ1) is 13.4. The highest BCUT2D eigenvalue weighted by molar-refractivity contribution is 5.89. The van der Waals surface area contributed by atoms with Crippen LogP contribution in [0.25, 0.3) is 0 Å². The number of oxime groups is 1. The third-order valence-corrected chi connectivity index (χ3v) is 4.45. The Morgan fingerprint density at radius 1 is 1.05 bits per heavy atom. The van der Waals surface area contributed by atoms with Gasteiger partial charge < -0.3 is 5.21 Å². The van der Waals surface area contributed by atoms with Crippen LogP contribution < -0.4 is 0 Å². The van der Waals surface area contributed by atoms with Gasteiger partial charge in [0, 0.05) is 13.1 Å². The molecule has 3 heteroatoms. The van der Waals surface area contributed by atoms with Crippen molar-refractivity contribution < 1.29 is 5.21 Å². The molecule has 0 bridgehead atoms. The van der Waals surface area contributed by atoms with Crippen LogP contribution in [0.5, 0.6) is 0 Å². The third kappa shape index (κ3) is 2.78. The lowest BCUT2D eigenvalue weighted by Gasteiger charge is -2.36. The molecule has 0 amide bonds. The molecule has 0 fully saturated rings. The van der Waals surface area contributed by atoms with Crippen LogP contribution in [0.15, 0.2) is 41.6 Å². The molecule has 0 unspecified atom stereocenters. The van der Waals surface area contributed by atoms with E-state index >= 15 is 0 Å². The summed E-state index contributed by atoms with van der Waals surface area (Å²) in [5, 5.41) is 12.9. The van der Waals surface area contributed by atoms with Crippen molar-refractivity contribution in [2.45, 2.75) is 44.7 Å². The minimum atomic E-state index is 0.290. The summed E-state index contributed by atoms with van der Waals surface area (Å²) in [5.74, 6) is 0. The Balaban J connectivity index is 1.79. The molecule has 2 aliphatic rings. The molecule has 1 N–H and O–H groups in total. The summed E-state index contributed by atoms with van der Waals surface area (Å²) in [5.41, 5.74) is 3.85. The summed E-state index contributed by atoms with van der Waals surface area (Å²) < 4.78 is 0. The van der Waals surface area contributed by atoms with Gasteiger partial charge in [0.15, 0.2) is 0 Å². The molecular formula is C17H22N2O. The van der Waals surface area contributed by atoms with Crippen LogP contribution in [0.4, 0.5) is 0 Å². The fraction of sp³-hybridized carbons (Fsp3) is 0.471. The Bertz CT molecular complexity index is 521. The van der Waals surface area contributed by atoms with E-state index in [0.29, 0.717) is 6.04 Å². The molecule has 0 radical (unpaired) electrons. The van der Waals surface area contributed by atoms with Crippen molar-refractivity contribution in [1.29, 1.82) is 0 Å². The van der Waals surface area contributed by atoms with Gasteiger partial charge in [0.2, 0.25) is 0 Å². The van der Waals surface area contributed by atoms with Crippen LogP contribution in [-0.4, -0.2) is 28.4 Å². The lowest BCUT2D eigenvalue weighted by Crippen LogP contribution is -2.44. The van der Waals surface area contributed by atoms with E-state index < -0.39 is 0 Å². The van der Waals surface area contributed by atoms with Crippen molar-refractivity contribution in [3.05, 3.63) is 47.5 Å². The summed E-state index contributed by atoms with van der Waals surface area (Å²) in [7, 11) is 0.